The van der Waals surface area contributed by atoms with E-state index in [1.807, 2.05) is 0 Å². The third-order valence-corrected chi connectivity index (χ3v) is 3.57. The van der Waals surface area contributed by atoms with E-state index in [9.17, 15) is 9.59 Å². The van der Waals surface area contributed by atoms with Gasteiger partial charge >= 0.3 is 5.97 Å². The molecule has 1 aliphatic carbocycles. The molecular formula is C15H26N2O3. The Hall–Kier alpha value is -1.36. The minimum atomic E-state index is -0.832. The second-order valence-corrected chi connectivity index (χ2v) is 5.64. The van der Waals surface area contributed by atoms with Crippen LogP contribution in [0.2, 0.25) is 0 Å². The van der Waals surface area contributed by atoms with Crippen LogP contribution in [0.3, 0.4) is 0 Å². The summed E-state index contributed by atoms with van der Waals surface area (Å²) in [5, 5.41) is 11.7. The molecule has 0 aromatic heterocycles. The average Bonchev–Trinajstić information content (AvgIpc) is 2.39. The zero-order chi connectivity index (χ0) is 15.0. The Labute approximate surface area is 121 Å². The molecule has 0 spiro atoms. The quantitative estimate of drug-likeness (QED) is 0.664. The summed E-state index contributed by atoms with van der Waals surface area (Å²) in [5.74, 6) is -1.33. The highest BCUT2D eigenvalue weighted by molar-refractivity contribution is 5.78. The third kappa shape index (κ3) is 6.70. The fourth-order valence-electron chi connectivity index (χ4n) is 2.41. The first-order valence-electron chi connectivity index (χ1n) is 7.35. The van der Waals surface area contributed by atoms with Crippen molar-refractivity contribution < 1.29 is 14.7 Å². The first-order valence-corrected chi connectivity index (χ1v) is 7.35. The van der Waals surface area contributed by atoms with Crippen LogP contribution in [0.5, 0.6) is 0 Å². The molecule has 0 saturated heterocycles. The summed E-state index contributed by atoms with van der Waals surface area (Å²) >= 11 is 0. The first kappa shape index (κ1) is 16.7. The summed E-state index contributed by atoms with van der Waals surface area (Å²) in [6.45, 7) is 2.95. The predicted octanol–water partition coefficient (Wildman–Crippen LogP) is 1.65. The number of nitrogens with one attached hydrogen (secondary N) is 1. The molecule has 0 aliphatic heterocycles. The zero-order valence-corrected chi connectivity index (χ0v) is 12.5. The maximum absolute atomic E-state index is 11.7. The van der Waals surface area contributed by atoms with Crippen molar-refractivity contribution in [1.29, 1.82) is 0 Å². The van der Waals surface area contributed by atoms with Gasteiger partial charge in [-0.05, 0) is 39.2 Å². The van der Waals surface area contributed by atoms with Crippen LogP contribution in [0.25, 0.3) is 0 Å². The molecule has 114 valence electrons. The molecule has 1 atom stereocenters. The smallest absolute Gasteiger partial charge is 0.307 e. The molecule has 0 bridgehead atoms. The fourth-order valence-corrected chi connectivity index (χ4v) is 2.41. The van der Waals surface area contributed by atoms with E-state index in [0.717, 1.165) is 12.8 Å². The summed E-state index contributed by atoms with van der Waals surface area (Å²) in [7, 11) is 1.77. The van der Waals surface area contributed by atoms with Crippen LogP contribution >= 0.6 is 0 Å². The molecule has 1 aliphatic rings. The van der Waals surface area contributed by atoms with Crippen molar-refractivity contribution in [3.8, 4) is 0 Å². The molecule has 0 saturated carbocycles. The fraction of sp³-hybridized carbons (Fsp3) is 0.733. The molecule has 2 N–H and O–H groups in total. The molecule has 0 aromatic rings. The molecule has 0 fully saturated rings. The van der Waals surface area contributed by atoms with Crippen molar-refractivity contribution in [2.24, 2.45) is 5.92 Å². The highest BCUT2D eigenvalue weighted by atomic mass is 16.4. The Kier molecular flexibility index (Phi) is 7.30. The van der Waals surface area contributed by atoms with Gasteiger partial charge in [0.15, 0.2) is 0 Å². The average molecular weight is 282 g/mol. The van der Waals surface area contributed by atoms with Crippen LogP contribution in [0.4, 0.5) is 0 Å². The standard InChI is InChI=1S/C15H26N2O3/c1-12(15(19)20)10-17(2)11-14(18)16-9-8-13-6-4-3-5-7-13/h6,12H,3-5,7-11H2,1-2H3,(H,16,18)(H,19,20). The van der Waals surface area contributed by atoms with Gasteiger partial charge in [-0.1, -0.05) is 18.6 Å². The van der Waals surface area contributed by atoms with E-state index in [0.29, 0.717) is 13.1 Å². The van der Waals surface area contributed by atoms with Gasteiger partial charge in [-0.15, -0.1) is 0 Å². The second-order valence-electron chi connectivity index (χ2n) is 5.64. The summed E-state index contributed by atoms with van der Waals surface area (Å²) in [4.78, 5) is 24.2. The van der Waals surface area contributed by atoms with Crippen LogP contribution in [0, 0.1) is 5.92 Å². The Morgan fingerprint density at radius 2 is 2.20 bits per heavy atom. The lowest BCUT2D eigenvalue weighted by molar-refractivity contribution is -0.142. The van der Waals surface area contributed by atoms with Crippen LogP contribution in [-0.4, -0.2) is 48.6 Å². The summed E-state index contributed by atoms with van der Waals surface area (Å²) in [6.07, 6.45) is 8.08. The lowest BCUT2D eigenvalue weighted by atomic mass is 9.97. The molecule has 0 aromatic carbocycles. The van der Waals surface area contributed by atoms with Gasteiger partial charge in [-0.2, -0.15) is 0 Å². The topological polar surface area (TPSA) is 69.6 Å². The monoisotopic (exact) mass is 282 g/mol. The number of hydrogen-bond acceptors (Lipinski definition) is 3. The number of nitrogens with zero attached hydrogens (tertiary/aromatic N) is 1. The van der Waals surface area contributed by atoms with Gasteiger partial charge in [-0.3, -0.25) is 14.5 Å². The van der Waals surface area contributed by atoms with Crippen molar-refractivity contribution in [1.82, 2.24) is 10.2 Å². The number of rotatable bonds is 8. The molecule has 20 heavy (non-hydrogen) atoms. The van der Waals surface area contributed by atoms with Crippen LogP contribution in [-0.2, 0) is 9.59 Å². The molecule has 1 rings (SSSR count). The van der Waals surface area contributed by atoms with Crippen molar-refractivity contribution in [2.45, 2.75) is 39.0 Å². The van der Waals surface area contributed by atoms with Crippen molar-refractivity contribution >= 4 is 11.9 Å². The van der Waals surface area contributed by atoms with Gasteiger partial charge in [0.05, 0.1) is 12.5 Å². The van der Waals surface area contributed by atoms with Gasteiger partial charge in [0.25, 0.3) is 0 Å². The SMILES string of the molecule is CC(CN(C)CC(=O)NCCC1=CCCCC1)C(=O)O. The van der Waals surface area contributed by atoms with Crippen molar-refractivity contribution in [2.75, 3.05) is 26.7 Å². The number of carboxylic acids is 1. The van der Waals surface area contributed by atoms with E-state index >= 15 is 0 Å². The van der Waals surface area contributed by atoms with Gasteiger partial charge in [0.1, 0.15) is 0 Å². The van der Waals surface area contributed by atoms with Crippen LogP contribution < -0.4 is 5.32 Å². The molecule has 0 radical (unpaired) electrons. The lowest BCUT2D eigenvalue weighted by Crippen LogP contribution is -2.38. The zero-order valence-electron chi connectivity index (χ0n) is 12.5. The highest BCUT2D eigenvalue weighted by Gasteiger charge is 2.15. The van der Waals surface area contributed by atoms with E-state index < -0.39 is 11.9 Å². The van der Waals surface area contributed by atoms with Gasteiger partial charge in [0.2, 0.25) is 5.91 Å². The number of likely N-dealkylation sites (N-methyl/N-ethyl adjacent to an activating group) is 1. The van der Waals surface area contributed by atoms with E-state index in [1.165, 1.54) is 24.8 Å². The van der Waals surface area contributed by atoms with E-state index in [-0.39, 0.29) is 12.5 Å². The summed E-state index contributed by atoms with van der Waals surface area (Å²) < 4.78 is 0. The second kappa shape index (κ2) is 8.74. The third-order valence-electron chi connectivity index (χ3n) is 3.57. The first-order chi connectivity index (χ1) is 9.49. The Bertz CT molecular complexity index is 366. The van der Waals surface area contributed by atoms with Gasteiger partial charge < -0.3 is 10.4 Å². The van der Waals surface area contributed by atoms with E-state index in [2.05, 4.69) is 11.4 Å². The lowest BCUT2D eigenvalue weighted by Gasteiger charge is -2.19. The molecular weight excluding hydrogens is 256 g/mol. The molecule has 1 amide bonds. The molecule has 1 unspecified atom stereocenters. The van der Waals surface area contributed by atoms with Crippen molar-refractivity contribution in [3.63, 3.8) is 0 Å². The van der Waals surface area contributed by atoms with Crippen LogP contribution in [0.1, 0.15) is 39.0 Å². The number of hydrogen-bond donors (Lipinski definition) is 2. The largest absolute Gasteiger partial charge is 0.481 e. The summed E-state index contributed by atoms with van der Waals surface area (Å²) in [5.41, 5.74) is 1.45. The Balaban J connectivity index is 2.16. The number of carbonyl (C=O) groups is 2. The predicted molar refractivity (Wildman–Crippen MR) is 78.5 cm³/mol. The normalized spacial score (nSPS) is 16.6. The number of allylic oxidation sites excluding steroid dienone is 1. The molecule has 0 heterocycles. The molecule has 5 nitrogen and oxygen atoms in total. The minimum absolute atomic E-state index is 0.0403. The Morgan fingerprint density at radius 3 is 2.80 bits per heavy atom. The van der Waals surface area contributed by atoms with Gasteiger partial charge in [0, 0.05) is 13.1 Å². The highest BCUT2D eigenvalue weighted by Crippen LogP contribution is 2.19. The number of aliphatic carboxylic acids is 1. The van der Waals surface area contributed by atoms with E-state index in [4.69, 9.17) is 5.11 Å². The number of carboxylic acid groups (broad SMARTS) is 1. The minimum Gasteiger partial charge on any atom is -0.481 e. The van der Waals surface area contributed by atoms with Gasteiger partial charge in [-0.25, -0.2) is 0 Å². The maximum atomic E-state index is 11.7. The van der Waals surface area contributed by atoms with Crippen molar-refractivity contribution in [3.05, 3.63) is 11.6 Å². The molecule has 5 heteroatoms. The number of carbonyl (C=O) groups excluding carboxylic acids is 1. The van der Waals surface area contributed by atoms with E-state index in [1.54, 1.807) is 18.9 Å². The summed E-state index contributed by atoms with van der Waals surface area (Å²) in [6, 6.07) is 0. The maximum Gasteiger partial charge on any atom is 0.307 e. The van der Waals surface area contributed by atoms with Crippen LogP contribution in [0.15, 0.2) is 11.6 Å². The Morgan fingerprint density at radius 1 is 1.45 bits per heavy atom. The number of amides is 1.